The van der Waals surface area contributed by atoms with Gasteiger partial charge in [-0.1, -0.05) is 0 Å². The number of rotatable bonds is 6. The highest BCUT2D eigenvalue weighted by atomic mass is 16.7. The molecule has 1 aromatic heterocycles. The topological polar surface area (TPSA) is 280 Å². The highest BCUT2D eigenvalue weighted by Crippen LogP contribution is 2.46. The third-order valence-electron chi connectivity index (χ3n) is 7.59. The summed E-state index contributed by atoms with van der Waals surface area (Å²) in [4.78, 5) is 14.0. The minimum absolute atomic E-state index is 0.106. The summed E-state index contributed by atoms with van der Waals surface area (Å²) in [6.07, 6.45) is -15.9. The number of aliphatic hydroxyl groups is 8. The van der Waals surface area contributed by atoms with Crippen molar-refractivity contribution in [1.29, 1.82) is 0 Å². The molecule has 234 valence electrons. The van der Waals surface area contributed by atoms with E-state index in [2.05, 4.69) is 0 Å². The predicted molar refractivity (Wildman–Crippen MR) is 140 cm³/mol. The third-order valence-corrected chi connectivity index (χ3v) is 7.59. The van der Waals surface area contributed by atoms with Gasteiger partial charge in [0.15, 0.2) is 24.4 Å². The second kappa shape index (κ2) is 11.9. The van der Waals surface area contributed by atoms with E-state index in [1.165, 1.54) is 24.3 Å². The Hall–Kier alpha value is -3.55. The van der Waals surface area contributed by atoms with Crippen LogP contribution in [-0.4, -0.2) is 125 Å². The molecule has 11 N–H and O–H groups in total. The summed E-state index contributed by atoms with van der Waals surface area (Å²) >= 11 is 0. The molecule has 2 aliphatic rings. The molecular weight excluding hydrogens is 580 g/mol. The molecular formula is C27H30O16. The van der Waals surface area contributed by atoms with Gasteiger partial charge in [-0.25, -0.2) is 0 Å². The van der Waals surface area contributed by atoms with Gasteiger partial charge in [0, 0.05) is 17.2 Å². The van der Waals surface area contributed by atoms with Gasteiger partial charge in [-0.3, -0.25) is 4.79 Å². The van der Waals surface area contributed by atoms with E-state index < -0.39 is 114 Å². The number of phenols is 3. The molecule has 0 saturated carbocycles. The molecule has 5 rings (SSSR count). The van der Waals surface area contributed by atoms with E-state index in [1.54, 1.807) is 0 Å². The van der Waals surface area contributed by atoms with Crippen LogP contribution in [0.3, 0.4) is 0 Å². The van der Waals surface area contributed by atoms with Crippen molar-refractivity contribution in [3.05, 3.63) is 46.1 Å². The smallest absolute Gasteiger partial charge is 0.239 e. The van der Waals surface area contributed by atoms with Gasteiger partial charge >= 0.3 is 0 Å². The van der Waals surface area contributed by atoms with Crippen LogP contribution in [-0.2, 0) is 9.47 Å². The first kappa shape index (κ1) is 30.9. The van der Waals surface area contributed by atoms with Crippen molar-refractivity contribution in [2.75, 3.05) is 13.2 Å². The van der Waals surface area contributed by atoms with Crippen molar-refractivity contribution in [3.63, 3.8) is 0 Å². The average Bonchev–Trinajstić information content (AvgIpc) is 2.97. The number of hydrogen-bond donors (Lipinski definition) is 11. The van der Waals surface area contributed by atoms with Crippen LogP contribution < -0.4 is 10.2 Å². The number of aromatic hydroxyl groups is 3. The molecule has 10 atom stereocenters. The second-order valence-corrected chi connectivity index (χ2v) is 10.2. The Morgan fingerprint density at radius 1 is 0.767 bits per heavy atom. The largest absolute Gasteiger partial charge is 0.508 e. The van der Waals surface area contributed by atoms with Gasteiger partial charge in [0.25, 0.3) is 0 Å². The summed E-state index contributed by atoms with van der Waals surface area (Å²) in [6.45, 7) is -1.55. The first-order valence-electron chi connectivity index (χ1n) is 13.0. The average molecular weight is 611 g/mol. The maximum absolute atomic E-state index is 14.0. The van der Waals surface area contributed by atoms with Crippen LogP contribution in [0.1, 0.15) is 11.5 Å². The fraction of sp³-hybridized carbons (Fsp3) is 0.444. The van der Waals surface area contributed by atoms with Crippen LogP contribution in [0.5, 0.6) is 23.0 Å². The second-order valence-electron chi connectivity index (χ2n) is 10.2. The molecule has 43 heavy (non-hydrogen) atoms. The molecule has 3 heterocycles. The maximum Gasteiger partial charge on any atom is 0.239 e. The summed E-state index contributed by atoms with van der Waals surface area (Å²) in [5, 5.41) is 113. The maximum atomic E-state index is 14.0. The van der Waals surface area contributed by atoms with Gasteiger partial charge in [0.1, 0.15) is 58.7 Å². The molecule has 0 spiro atoms. The van der Waals surface area contributed by atoms with Crippen molar-refractivity contribution in [1.82, 2.24) is 0 Å². The lowest BCUT2D eigenvalue weighted by atomic mass is 9.83. The van der Waals surface area contributed by atoms with Gasteiger partial charge in [-0.15, -0.1) is 0 Å². The van der Waals surface area contributed by atoms with Crippen LogP contribution in [0.2, 0.25) is 0 Å². The minimum Gasteiger partial charge on any atom is -0.508 e. The number of aliphatic hydroxyl groups excluding tert-OH is 8. The standard InChI is InChI=1S/C27H30O16/c28-6-12-17(32)20(35)16(26(38)41-12)14-10(31)5-11-15(19(14)34)21(36)24(23(40-11)8-1-3-9(30)4-2-8)43-25-22(37)18(33)13(7-29)42-27(25)39/h1-5,12-13,16-18,20,22,25-35,37-39H,6-7H2/t12-,13-,16-,17-,18-,20-,22+,25-,26-,27-/m1/s1. The van der Waals surface area contributed by atoms with Crippen molar-refractivity contribution in [3.8, 4) is 34.3 Å². The first-order chi connectivity index (χ1) is 20.4. The Morgan fingerprint density at radius 3 is 1.95 bits per heavy atom. The van der Waals surface area contributed by atoms with E-state index in [0.717, 1.165) is 6.07 Å². The molecule has 0 unspecified atom stereocenters. The summed E-state index contributed by atoms with van der Waals surface area (Å²) < 4.78 is 21.7. The number of phenolic OH excluding ortho intramolecular Hbond substituents is 3. The van der Waals surface area contributed by atoms with E-state index in [1.807, 2.05) is 0 Å². The van der Waals surface area contributed by atoms with Crippen LogP contribution in [0.15, 0.2) is 39.5 Å². The first-order valence-corrected chi connectivity index (χ1v) is 13.0. The summed E-state index contributed by atoms with van der Waals surface area (Å²) in [5.74, 6) is -4.81. The molecule has 0 bridgehead atoms. The monoisotopic (exact) mass is 610 g/mol. The van der Waals surface area contributed by atoms with E-state index in [9.17, 15) is 61.0 Å². The fourth-order valence-corrected chi connectivity index (χ4v) is 5.30. The number of benzene rings is 2. The lowest BCUT2D eigenvalue weighted by Gasteiger charge is -2.40. The molecule has 2 saturated heterocycles. The zero-order valence-corrected chi connectivity index (χ0v) is 22.0. The zero-order valence-electron chi connectivity index (χ0n) is 22.0. The fourth-order valence-electron chi connectivity index (χ4n) is 5.30. The number of ether oxygens (including phenoxy) is 3. The van der Waals surface area contributed by atoms with E-state index in [-0.39, 0.29) is 17.1 Å². The summed E-state index contributed by atoms with van der Waals surface area (Å²) in [6, 6.07) is 5.98. The van der Waals surface area contributed by atoms with Crippen molar-refractivity contribution < 1.29 is 74.8 Å². The lowest BCUT2D eigenvalue weighted by Crippen LogP contribution is -2.60. The Morgan fingerprint density at radius 2 is 1.35 bits per heavy atom. The van der Waals surface area contributed by atoms with Gasteiger partial charge in [-0.05, 0) is 24.3 Å². The quantitative estimate of drug-likeness (QED) is 0.135. The van der Waals surface area contributed by atoms with Crippen LogP contribution in [0.4, 0.5) is 0 Å². The number of hydrogen-bond acceptors (Lipinski definition) is 16. The van der Waals surface area contributed by atoms with Gasteiger partial charge in [0.2, 0.25) is 11.2 Å². The van der Waals surface area contributed by atoms with Crippen LogP contribution in [0, 0.1) is 0 Å². The zero-order chi connectivity index (χ0) is 31.3. The number of fused-ring (bicyclic) bond motifs is 1. The SMILES string of the molecule is O=c1c(O[C@@H]2[C@@H](O)[C@H](O)[C@@H](CO)O[C@H]2O)c(-c2ccc(O)cc2)oc2cc(O)c([C@@H]3[C@@H](O)[C@H](O)[C@@H](CO)O[C@H]3O)c(O)c12. The van der Waals surface area contributed by atoms with Crippen molar-refractivity contribution in [2.24, 2.45) is 0 Å². The molecule has 3 aromatic rings. The van der Waals surface area contributed by atoms with Gasteiger partial charge in [-0.2, -0.15) is 0 Å². The van der Waals surface area contributed by atoms with Gasteiger partial charge < -0.3 is 74.8 Å². The van der Waals surface area contributed by atoms with Crippen LogP contribution >= 0.6 is 0 Å². The van der Waals surface area contributed by atoms with E-state index >= 15 is 0 Å². The van der Waals surface area contributed by atoms with Crippen molar-refractivity contribution >= 4 is 11.0 Å². The Kier molecular flexibility index (Phi) is 8.52. The van der Waals surface area contributed by atoms with Gasteiger partial charge in [0.05, 0.1) is 25.2 Å². The molecule has 16 nitrogen and oxygen atoms in total. The summed E-state index contributed by atoms with van der Waals surface area (Å²) in [5.41, 5.74) is -2.11. The predicted octanol–water partition coefficient (Wildman–Crippen LogP) is -2.73. The summed E-state index contributed by atoms with van der Waals surface area (Å²) in [7, 11) is 0. The molecule has 2 aromatic carbocycles. The molecule has 0 radical (unpaired) electrons. The molecule has 16 heteroatoms. The van der Waals surface area contributed by atoms with Crippen LogP contribution in [0.25, 0.3) is 22.3 Å². The normalized spacial score (nSPS) is 33.0. The highest BCUT2D eigenvalue weighted by Gasteiger charge is 2.48. The van der Waals surface area contributed by atoms with E-state index in [4.69, 9.17) is 18.6 Å². The van der Waals surface area contributed by atoms with E-state index in [0.29, 0.717) is 0 Å². The highest BCUT2D eigenvalue weighted by molar-refractivity contribution is 5.90. The Labute approximate surface area is 241 Å². The molecule has 2 fully saturated rings. The molecule has 2 aliphatic heterocycles. The molecule has 0 aliphatic carbocycles. The third kappa shape index (κ3) is 5.27. The van der Waals surface area contributed by atoms with Crippen molar-refractivity contribution in [2.45, 2.75) is 61.2 Å². The molecule has 0 amide bonds. The minimum atomic E-state index is -1.98. The Balaban J connectivity index is 1.70. The Bertz CT molecular complexity index is 1520. The lowest BCUT2D eigenvalue weighted by molar-refractivity contribution is -0.280.